The number of carbonyl (C=O) groups is 3. The van der Waals surface area contributed by atoms with Crippen molar-refractivity contribution in [3.63, 3.8) is 0 Å². The number of hydrogen-bond acceptors (Lipinski definition) is 5. The number of aromatic carboxylic acids is 1. The first-order valence-electron chi connectivity index (χ1n) is 11.6. The van der Waals surface area contributed by atoms with E-state index in [-0.39, 0.29) is 29.8 Å². The number of anilines is 1. The highest BCUT2D eigenvalue weighted by Gasteiger charge is 2.36. The van der Waals surface area contributed by atoms with E-state index in [1.165, 1.54) is 10.9 Å². The lowest BCUT2D eigenvalue weighted by Gasteiger charge is -2.21. The number of rotatable bonds is 6. The lowest BCUT2D eigenvalue weighted by atomic mass is 9.98. The smallest absolute Gasteiger partial charge is 0.407 e. The van der Waals surface area contributed by atoms with Crippen molar-refractivity contribution in [3.05, 3.63) is 71.5 Å². The molecule has 3 N–H and O–H groups in total. The molecule has 0 spiro atoms. The van der Waals surface area contributed by atoms with E-state index in [4.69, 9.17) is 4.74 Å². The predicted octanol–water partition coefficient (Wildman–Crippen LogP) is 3.76. The molecule has 2 aromatic carbocycles. The molecule has 9 heteroatoms. The van der Waals surface area contributed by atoms with E-state index < -0.39 is 24.0 Å². The summed E-state index contributed by atoms with van der Waals surface area (Å²) < 4.78 is 6.96. The minimum Gasteiger partial charge on any atom is -0.476 e. The normalized spacial score (nSPS) is 18.5. The number of amides is 2. The molecule has 0 radical (unpaired) electrons. The second kappa shape index (κ2) is 9.25. The van der Waals surface area contributed by atoms with Crippen molar-refractivity contribution in [1.29, 1.82) is 0 Å². The number of aromatic nitrogens is 2. The molecule has 2 aliphatic rings. The summed E-state index contributed by atoms with van der Waals surface area (Å²) in [6.07, 6.45) is 2.88. The number of nitrogens with zero attached hydrogens (tertiary/aromatic N) is 2. The third-order valence-electron chi connectivity index (χ3n) is 6.79. The van der Waals surface area contributed by atoms with Gasteiger partial charge in [-0.25, -0.2) is 9.59 Å². The molecular formula is C26H26N4O5. The number of carbonyl (C=O) groups excluding carboxylic acids is 2. The van der Waals surface area contributed by atoms with Crippen molar-refractivity contribution in [3.8, 4) is 11.1 Å². The maximum atomic E-state index is 12.9. The molecule has 3 aromatic rings. The van der Waals surface area contributed by atoms with Crippen molar-refractivity contribution >= 4 is 23.7 Å². The van der Waals surface area contributed by atoms with E-state index in [1.807, 2.05) is 24.3 Å². The summed E-state index contributed by atoms with van der Waals surface area (Å²) >= 11 is 0. The molecule has 1 aromatic heterocycles. The maximum absolute atomic E-state index is 12.9. The number of alkyl carbamates (subject to hydrolysis) is 1. The van der Waals surface area contributed by atoms with Gasteiger partial charge in [-0.1, -0.05) is 55.0 Å². The lowest BCUT2D eigenvalue weighted by Crippen LogP contribution is -2.42. The van der Waals surface area contributed by atoms with Gasteiger partial charge < -0.3 is 20.5 Å². The lowest BCUT2D eigenvalue weighted by molar-refractivity contribution is -0.120. The Morgan fingerprint density at radius 2 is 1.71 bits per heavy atom. The van der Waals surface area contributed by atoms with Crippen LogP contribution in [0.1, 0.15) is 46.8 Å². The van der Waals surface area contributed by atoms with E-state index in [2.05, 4.69) is 40.0 Å². The Hall–Kier alpha value is -4.14. The number of aryl methyl sites for hydroxylation is 1. The molecule has 180 valence electrons. The highest BCUT2D eigenvalue weighted by Crippen LogP contribution is 2.44. The van der Waals surface area contributed by atoms with E-state index in [9.17, 15) is 19.5 Å². The van der Waals surface area contributed by atoms with Crippen LogP contribution in [0.2, 0.25) is 0 Å². The van der Waals surface area contributed by atoms with Gasteiger partial charge >= 0.3 is 12.1 Å². The summed E-state index contributed by atoms with van der Waals surface area (Å²) in [7, 11) is 1.58. The molecular weight excluding hydrogens is 448 g/mol. The van der Waals surface area contributed by atoms with Crippen LogP contribution in [0.25, 0.3) is 11.1 Å². The van der Waals surface area contributed by atoms with Crippen molar-refractivity contribution in [2.45, 2.75) is 31.2 Å². The maximum Gasteiger partial charge on any atom is 0.407 e. The quantitative estimate of drug-likeness (QED) is 0.500. The second-order valence-electron chi connectivity index (χ2n) is 8.97. The molecule has 2 atom stereocenters. The van der Waals surface area contributed by atoms with E-state index in [0.717, 1.165) is 28.7 Å². The molecule has 1 saturated carbocycles. The molecule has 9 nitrogen and oxygen atoms in total. The van der Waals surface area contributed by atoms with Gasteiger partial charge in [0.15, 0.2) is 5.69 Å². The number of fused-ring (bicyclic) bond motifs is 3. The summed E-state index contributed by atoms with van der Waals surface area (Å²) in [5.74, 6) is -2.10. The van der Waals surface area contributed by atoms with Crippen LogP contribution in [0, 0.1) is 5.92 Å². The predicted molar refractivity (Wildman–Crippen MR) is 128 cm³/mol. The SMILES string of the molecule is Cn1cc(NC(=O)[C@H]2CCC[C@H]2NC(=O)OCC2c3ccccc3-c3ccccc32)c(C(=O)O)n1. The van der Waals surface area contributed by atoms with Crippen LogP contribution in [-0.2, 0) is 16.6 Å². The number of carboxylic acid groups (broad SMARTS) is 1. The summed E-state index contributed by atoms with van der Waals surface area (Å²) in [6.45, 7) is 0.196. The largest absolute Gasteiger partial charge is 0.476 e. The zero-order chi connectivity index (χ0) is 24.5. The van der Waals surface area contributed by atoms with Crippen LogP contribution in [0.4, 0.5) is 10.5 Å². The van der Waals surface area contributed by atoms with Crippen LogP contribution < -0.4 is 10.6 Å². The highest BCUT2D eigenvalue weighted by atomic mass is 16.5. The Bertz CT molecular complexity index is 1250. The molecule has 0 unspecified atom stereocenters. The first-order valence-corrected chi connectivity index (χ1v) is 11.6. The van der Waals surface area contributed by atoms with Crippen LogP contribution in [-0.4, -0.2) is 45.5 Å². The average molecular weight is 475 g/mol. The van der Waals surface area contributed by atoms with Crippen molar-refractivity contribution < 1.29 is 24.2 Å². The van der Waals surface area contributed by atoms with Gasteiger partial charge in [0, 0.05) is 25.2 Å². The first-order chi connectivity index (χ1) is 16.9. The fraction of sp³-hybridized carbons (Fsp3) is 0.308. The molecule has 2 aliphatic carbocycles. The van der Waals surface area contributed by atoms with Gasteiger partial charge in [-0.3, -0.25) is 9.48 Å². The Balaban J connectivity index is 1.22. The summed E-state index contributed by atoms with van der Waals surface area (Å²) in [4.78, 5) is 37.0. The van der Waals surface area contributed by atoms with Gasteiger partial charge in [0.1, 0.15) is 6.61 Å². The fourth-order valence-corrected chi connectivity index (χ4v) is 5.20. The summed E-state index contributed by atoms with van der Waals surface area (Å²) in [6, 6.07) is 15.8. The number of ether oxygens (including phenoxy) is 1. The van der Waals surface area contributed by atoms with Gasteiger partial charge in [-0.15, -0.1) is 0 Å². The van der Waals surface area contributed by atoms with Crippen molar-refractivity contribution in [1.82, 2.24) is 15.1 Å². The van der Waals surface area contributed by atoms with Crippen molar-refractivity contribution in [2.24, 2.45) is 13.0 Å². The minimum atomic E-state index is -1.22. The monoisotopic (exact) mass is 474 g/mol. The van der Waals surface area contributed by atoms with Crippen LogP contribution in [0.5, 0.6) is 0 Å². The molecule has 2 amide bonds. The Morgan fingerprint density at radius 3 is 2.37 bits per heavy atom. The Morgan fingerprint density at radius 1 is 1.06 bits per heavy atom. The van der Waals surface area contributed by atoms with Gasteiger partial charge in [0.2, 0.25) is 5.91 Å². The summed E-state index contributed by atoms with van der Waals surface area (Å²) in [5.41, 5.74) is 4.48. The van der Waals surface area contributed by atoms with Crippen molar-refractivity contribution in [2.75, 3.05) is 11.9 Å². The summed E-state index contributed by atoms with van der Waals surface area (Å²) in [5, 5.41) is 18.7. The topological polar surface area (TPSA) is 123 Å². The number of carboxylic acids is 1. The van der Waals surface area contributed by atoms with Crippen LogP contribution in [0.15, 0.2) is 54.7 Å². The molecule has 0 bridgehead atoms. The minimum absolute atomic E-state index is 0.0455. The third kappa shape index (κ3) is 4.37. The molecule has 35 heavy (non-hydrogen) atoms. The van der Waals surface area contributed by atoms with E-state index in [0.29, 0.717) is 12.8 Å². The van der Waals surface area contributed by atoms with Crippen LogP contribution in [0.3, 0.4) is 0 Å². The zero-order valence-corrected chi connectivity index (χ0v) is 19.2. The number of hydrogen-bond donors (Lipinski definition) is 3. The molecule has 0 aliphatic heterocycles. The highest BCUT2D eigenvalue weighted by molar-refractivity contribution is 6.00. The second-order valence-corrected chi connectivity index (χ2v) is 8.97. The average Bonchev–Trinajstić information content (AvgIpc) is 3.53. The van der Waals surface area contributed by atoms with Crippen LogP contribution >= 0.6 is 0 Å². The fourth-order valence-electron chi connectivity index (χ4n) is 5.20. The standard InChI is InChI=1S/C26H26N4O5/c1-30-13-22(23(29-30)25(32)33)27-24(31)19-11-6-12-21(19)28-26(34)35-14-20-17-9-4-2-7-15(17)16-8-3-5-10-18(16)20/h2-5,7-10,13,19-21H,6,11-12,14H2,1H3,(H,27,31)(H,28,34)(H,32,33)/t19-,21+/m0/s1. The van der Waals surface area contributed by atoms with Gasteiger partial charge in [0.05, 0.1) is 11.6 Å². The van der Waals surface area contributed by atoms with E-state index >= 15 is 0 Å². The van der Waals surface area contributed by atoms with Gasteiger partial charge in [-0.2, -0.15) is 5.10 Å². The Kier molecular flexibility index (Phi) is 5.98. The number of nitrogens with one attached hydrogen (secondary N) is 2. The molecule has 1 fully saturated rings. The van der Waals surface area contributed by atoms with Gasteiger partial charge in [-0.05, 0) is 35.1 Å². The third-order valence-corrected chi connectivity index (χ3v) is 6.79. The molecule has 1 heterocycles. The van der Waals surface area contributed by atoms with E-state index in [1.54, 1.807) is 7.05 Å². The number of benzene rings is 2. The first kappa shape index (κ1) is 22.6. The van der Waals surface area contributed by atoms with Gasteiger partial charge in [0.25, 0.3) is 0 Å². The molecule has 5 rings (SSSR count). The zero-order valence-electron chi connectivity index (χ0n) is 19.2. The molecule has 0 saturated heterocycles. The Labute approximate surface area is 202 Å².